The SMILES string of the molecule is CC[C@@H](CC(=O)O)NC(=O)C1(CNC(=O)OCC2c3ccccc3-c3ccccc32)CC1. The Morgan fingerprint density at radius 3 is 2.19 bits per heavy atom. The molecule has 1 saturated carbocycles. The van der Waals surface area contributed by atoms with Gasteiger partial charge in [-0.05, 0) is 41.5 Å². The van der Waals surface area contributed by atoms with E-state index in [1.807, 2.05) is 31.2 Å². The lowest BCUT2D eigenvalue weighted by molar-refractivity contribution is -0.138. The molecule has 1 atom stereocenters. The third-order valence-electron chi connectivity index (χ3n) is 6.50. The van der Waals surface area contributed by atoms with Crippen LogP contribution in [0.15, 0.2) is 48.5 Å². The molecule has 2 amide bonds. The summed E-state index contributed by atoms with van der Waals surface area (Å²) in [5.41, 5.74) is 3.94. The molecule has 3 N–H and O–H groups in total. The van der Waals surface area contributed by atoms with Crippen LogP contribution in [-0.2, 0) is 14.3 Å². The summed E-state index contributed by atoms with van der Waals surface area (Å²) in [5.74, 6) is -1.17. The molecule has 0 radical (unpaired) electrons. The standard InChI is InChI=1S/C25H28N2O5/c1-2-16(13-22(28)29)27-23(30)25(11-12-25)15-26-24(31)32-14-21-19-9-5-3-7-17(19)18-8-4-6-10-20(18)21/h3-10,16,21H,2,11-15H2,1H3,(H,26,31)(H,27,30)(H,28,29)/t16-/m0/s1. The van der Waals surface area contributed by atoms with Crippen LogP contribution in [0.4, 0.5) is 4.79 Å². The van der Waals surface area contributed by atoms with Crippen LogP contribution >= 0.6 is 0 Å². The van der Waals surface area contributed by atoms with Crippen LogP contribution < -0.4 is 10.6 Å². The van der Waals surface area contributed by atoms with E-state index in [0.29, 0.717) is 19.3 Å². The molecule has 2 aliphatic carbocycles. The van der Waals surface area contributed by atoms with Crippen LogP contribution in [-0.4, -0.2) is 42.3 Å². The Morgan fingerprint density at radius 2 is 1.66 bits per heavy atom. The van der Waals surface area contributed by atoms with Crippen LogP contribution in [0.3, 0.4) is 0 Å². The van der Waals surface area contributed by atoms with Crippen molar-refractivity contribution in [3.05, 3.63) is 59.7 Å². The zero-order chi connectivity index (χ0) is 22.7. The summed E-state index contributed by atoms with van der Waals surface area (Å²) >= 11 is 0. The molecule has 2 aromatic carbocycles. The molecule has 0 saturated heterocycles. The van der Waals surface area contributed by atoms with E-state index in [-0.39, 0.29) is 31.4 Å². The minimum Gasteiger partial charge on any atom is -0.481 e. The quantitative estimate of drug-likeness (QED) is 0.556. The highest BCUT2D eigenvalue weighted by Gasteiger charge is 2.50. The fourth-order valence-electron chi connectivity index (χ4n) is 4.37. The lowest BCUT2D eigenvalue weighted by Crippen LogP contribution is -2.45. The summed E-state index contributed by atoms with van der Waals surface area (Å²) in [6, 6.07) is 15.9. The number of hydrogen-bond donors (Lipinski definition) is 3. The van der Waals surface area contributed by atoms with Gasteiger partial charge >= 0.3 is 12.1 Å². The number of benzene rings is 2. The maximum atomic E-state index is 12.6. The Hall–Kier alpha value is -3.35. The lowest BCUT2D eigenvalue weighted by atomic mass is 9.98. The predicted molar refractivity (Wildman–Crippen MR) is 119 cm³/mol. The number of rotatable bonds is 9. The number of ether oxygens (including phenoxy) is 1. The normalized spacial score (nSPS) is 16.4. The molecule has 4 rings (SSSR count). The Kier molecular flexibility index (Phi) is 6.17. The summed E-state index contributed by atoms with van der Waals surface area (Å²) in [4.78, 5) is 36.0. The van der Waals surface area contributed by atoms with Gasteiger partial charge in [-0.25, -0.2) is 4.79 Å². The van der Waals surface area contributed by atoms with Gasteiger partial charge in [-0.3, -0.25) is 9.59 Å². The Balaban J connectivity index is 1.31. The van der Waals surface area contributed by atoms with Gasteiger partial charge in [0.15, 0.2) is 0 Å². The second-order valence-corrected chi connectivity index (χ2v) is 8.64. The van der Waals surface area contributed by atoms with Gasteiger partial charge in [0.05, 0.1) is 11.8 Å². The van der Waals surface area contributed by atoms with Crippen molar-refractivity contribution in [2.75, 3.05) is 13.2 Å². The summed E-state index contributed by atoms with van der Waals surface area (Å²) in [7, 11) is 0. The van der Waals surface area contributed by atoms with Crippen molar-refractivity contribution in [1.82, 2.24) is 10.6 Å². The lowest BCUT2D eigenvalue weighted by Gasteiger charge is -2.21. The second-order valence-electron chi connectivity index (χ2n) is 8.64. The van der Waals surface area contributed by atoms with E-state index < -0.39 is 23.5 Å². The summed E-state index contributed by atoms with van der Waals surface area (Å²) in [6.07, 6.45) is 1.19. The van der Waals surface area contributed by atoms with E-state index in [2.05, 4.69) is 34.9 Å². The zero-order valence-corrected chi connectivity index (χ0v) is 18.1. The highest BCUT2D eigenvalue weighted by atomic mass is 16.5. The van der Waals surface area contributed by atoms with E-state index in [1.165, 1.54) is 0 Å². The third kappa shape index (κ3) is 4.47. The number of alkyl carbamates (subject to hydrolysis) is 1. The van der Waals surface area contributed by atoms with Crippen LogP contribution in [0.2, 0.25) is 0 Å². The van der Waals surface area contributed by atoms with Gasteiger partial charge in [0, 0.05) is 18.5 Å². The first kappa shape index (κ1) is 21.9. The summed E-state index contributed by atoms with van der Waals surface area (Å²) in [5, 5.41) is 14.5. The number of fused-ring (bicyclic) bond motifs is 3. The molecule has 0 bridgehead atoms. The van der Waals surface area contributed by atoms with Crippen molar-refractivity contribution >= 4 is 18.0 Å². The van der Waals surface area contributed by atoms with Gasteiger partial charge in [0.1, 0.15) is 6.61 Å². The first-order valence-electron chi connectivity index (χ1n) is 11.0. The molecule has 1 fully saturated rings. The highest BCUT2D eigenvalue weighted by molar-refractivity contribution is 5.87. The monoisotopic (exact) mass is 436 g/mol. The maximum Gasteiger partial charge on any atom is 0.407 e. The van der Waals surface area contributed by atoms with Gasteiger partial charge in [-0.15, -0.1) is 0 Å². The Bertz CT molecular complexity index is 985. The van der Waals surface area contributed by atoms with E-state index in [4.69, 9.17) is 9.84 Å². The number of carbonyl (C=O) groups is 3. The maximum absolute atomic E-state index is 12.6. The van der Waals surface area contributed by atoms with Gasteiger partial charge in [-0.2, -0.15) is 0 Å². The minimum atomic E-state index is -0.946. The van der Waals surface area contributed by atoms with Crippen LogP contribution in [0.25, 0.3) is 11.1 Å². The Labute approximate surface area is 187 Å². The molecular formula is C25H28N2O5. The first-order chi connectivity index (χ1) is 15.4. The van der Waals surface area contributed by atoms with Crippen molar-refractivity contribution in [3.8, 4) is 11.1 Å². The van der Waals surface area contributed by atoms with Gasteiger partial charge < -0.3 is 20.5 Å². The predicted octanol–water partition coefficient (Wildman–Crippen LogP) is 3.67. The summed E-state index contributed by atoms with van der Waals surface area (Å²) in [6.45, 7) is 2.23. The fourth-order valence-corrected chi connectivity index (χ4v) is 4.37. The van der Waals surface area contributed by atoms with Crippen molar-refractivity contribution in [1.29, 1.82) is 0 Å². The Morgan fingerprint density at radius 1 is 1.06 bits per heavy atom. The first-order valence-corrected chi connectivity index (χ1v) is 11.0. The van der Waals surface area contributed by atoms with Gasteiger partial charge in [0.25, 0.3) is 0 Å². The molecule has 168 valence electrons. The molecule has 2 aromatic rings. The topological polar surface area (TPSA) is 105 Å². The minimum absolute atomic E-state index is 0.0207. The number of aliphatic carboxylic acids is 1. The highest BCUT2D eigenvalue weighted by Crippen LogP contribution is 2.46. The van der Waals surface area contributed by atoms with Gasteiger partial charge in [-0.1, -0.05) is 55.5 Å². The number of amides is 2. The molecule has 0 heterocycles. The third-order valence-corrected chi connectivity index (χ3v) is 6.50. The molecular weight excluding hydrogens is 408 g/mol. The van der Waals surface area contributed by atoms with E-state index >= 15 is 0 Å². The number of hydrogen-bond acceptors (Lipinski definition) is 4. The summed E-state index contributed by atoms with van der Waals surface area (Å²) < 4.78 is 5.54. The van der Waals surface area contributed by atoms with Crippen molar-refractivity contribution in [3.63, 3.8) is 0 Å². The molecule has 0 spiro atoms. The van der Waals surface area contributed by atoms with Crippen molar-refractivity contribution in [2.45, 2.75) is 44.6 Å². The molecule has 32 heavy (non-hydrogen) atoms. The van der Waals surface area contributed by atoms with E-state index in [9.17, 15) is 14.4 Å². The molecule has 7 nitrogen and oxygen atoms in total. The zero-order valence-electron chi connectivity index (χ0n) is 18.1. The molecule has 7 heteroatoms. The average molecular weight is 437 g/mol. The van der Waals surface area contributed by atoms with Crippen LogP contribution in [0, 0.1) is 5.41 Å². The average Bonchev–Trinajstić information content (AvgIpc) is 3.52. The van der Waals surface area contributed by atoms with Crippen molar-refractivity contribution in [2.24, 2.45) is 5.41 Å². The largest absolute Gasteiger partial charge is 0.481 e. The second kappa shape index (κ2) is 9.02. The van der Waals surface area contributed by atoms with E-state index in [0.717, 1.165) is 22.3 Å². The van der Waals surface area contributed by atoms with Crippen molar-refractivity contribution < 1.29 is 24.2 Å². The number of carbonyl (C=O) groups excluding carboxylic acids is 2. The number of carboxylic acid groups (broad SMARTS) is 1. The molecule has 2 aliphatic rings. The van der Waals surface area contributed by atoms with Crippen LogP contribution in [0.1, 0.15) is 49.7 Å². The molecule has 0 aromatic heterocycles. The smallest absolute Gasteiger partial charge is 0.407 e. The number of nitrogens with one attached hydrogen (secondary N) is 2. The van der Waals surface area contributed by atoms with Gasteiger partial charge in [0.2, 0.25) is 5.91 Å². The molecule has 0 unspecified atom stereocenters. The molecule has 0 aliphatic heterocycles. The van der Waals surface area contributed by atoms with Crippen LogP contribution in [0.5, 0.6) is 0 Å². The number of carboxylic acids is 1. The fraction of sp³-hybridized carbons (Fsp3) is 0.400. The van der Waals surface area contributed by atoms with E-state index in [1.54, 1.807) is 0 Å².